The Balaban J connectivity index is 4.28. The molecular weight excluding hydrogens is 230 g/mol. The Labute approximate surface area is 81.8 Å². The van der Waals surface area contributed by atoms with Gasteiger partial charge in [-0.15, -0.1) is 0 Å². The quantitative estimate of drug-likeness (QED) is 0.719. The van der Waals surface area contributed by atoms with E-state index in [2.05, 4.69) is 4.74 Å². The Hall–Kier alpha value is -0.500. The molecule has 0 rings (SSSR count). The Morgan fingerprint density at radius 1 is 1.20 bits per heavy atom. The molecule has 0 bridgehead atoms. The van der Waals surface area contributed by atoms with Crippen molar-refractivity contribution >= 4 is 0 Å². The second-order valence-corrected chi connectivity index (χ2v) is 2.99. The van der Waals surface area contributed by atoms with Gasteiger partial charge in [0.15, 0.2) is 0 Å². The van der Waals surface area contributed by atoms with Gasteiger partial charge in [-0.3, -0.25) is 0 Å². The van der Waals surface area contributed by atoms with Gasteiger partial charge in [0, 0.05) is 0 Å². The monoisotopic (exact) mass is 240 g/mol. The number of aliphatic hydroxyl groups excluding tert-OH is 1. The molecule has 8 heteroatoms. The van der Waals surface area contributed by atoms with Crippen molar-refractivity contribution in [2.24, 2.45) is 0 Å². The van der Waals surface area contributed by atoms with Gasteiger partial charge in [0.2, 0.25) is 0 Å². The molecule has 0 aromatic carbocycles. The van der Waals surface area contributed by atoms with Gasteiger partial charge in [0.1, 0.15) is 6.61 Å². The zero-order valence-electron chi connectivity index (χ0n) is 7.69. The molecule has 0 radical (unpaired) electrons. The number of rotatable bonds is 6. The van der Waals surface area contributed by atoms with Gasteiger partial charge in [-0.1, -0.05) is 0 Å². The number of alkyl halides is 6. The second-order valence-electron chi connectivity index (χ2n) is 2.99. The van der Waals surface area contributed by atoms with Crippen molar-refractivity contribution < 1.29 is 36.2 Å². The van der Waals surface area contributed by atoms with Crippen molar-refractivity contribution in [2.75, 3.05) is 13.2 Å². The average Bonchev–Trinajstić information content (AvgIpc) is 2.02. The summed E-state index contributed by atoms with van der Waals surface area (Å²) in [4.78, 5) is 0. The van der Waals surface area contributed by atoms with Crippen molar-refractivity contribution in [1.29, 1.82) is 0 Å². The van der Waals surface area contributed by atoms with Crippen LogP contribution in [-0.2, 0) is 4.74 Å². The zero-order valence-corrected chi connectivity index (χ0v) is 7.69. The number of halogens is 6. The summed E-state index contributed by atoms with van der Waals surface area (Å²) in [5.41, 5.74) is 0. The number of hydrogen-bond acceptors (Lipinski definition) is 2. The third-order valence-electron chi connectivity index (χ3n) is 1.40. The summed E-state index contributed by atoms with van der Waals surface area (Å²) in [6.45, 7) is -1.33. The molecule has 0 saturated carbocycles. The average molecular weight is 240 g/mol. The highest BCUT2D eigenvalue weighted by atomic mass is 19.3. The van der Waals surface area contributed by atoms with Gasteiger partial charge < -0.3 is 9.84 Å². The minimum absolute atomic E-state index is 0.630. The fraction of sp³-hybridized carbons (Fsp3) is 1.00. The van der Waals surface area contributed by atoms with Crippen LogP contribution in [0.5, 0.6) is 0 Å². The third kappa shape index (κ3) is 3.86. The molecule has 0 fully saturated rings. The highest BCUT2D eigenvalue weighted by Gasteiger charge is 2.62. The summed E-state index contributed by atoms with van der Waals surface area (Å²) in [7, 11) is 0. The minimum atomic E-state index is -5.44. The Bertz CT molecular complexity index is 194. The van der Waals surface area contributed by atoms with Crippen LogP contribution in [0.15, 0.2) is 0 Å². The summed E-state index contributed by atoms with van der Waals surface area (Å²) in [5.74, 6) is -10.4. The maximum atomic E-state index is 12.5. The van der Waals surface area contributed by atoms with Crippen molar-refractivity contribution in [3.63, 3.8) is 0 Å². The molecule has 0 heterocycles. The lowest BCUT2D eigenvalue weighted by Gasteiger charge is -2.25. The van der Waals surface area contributed by atoms with E-state index in [4.69, 9.17) is 5.11 Å². The number of aliphatic hydroxyl groups is 1. The molecule has 1 atom stereocenters. The van der Waals surface area contributed by atoms with Crippen LogP contribution < -0.4 is 0 Å². The molecule has 2 nitrogen and oxygen atoms in total. The first kappa shape index (κ1) is 14.5. The zero-order chi connectivity index (χ0) is 12.3. The molecule has 0 aliphatic rings. The maximum absolute atomic E-state index is 12.5. The lowest BCUT2D eigenvalue weighted by Crippen LogP contribution is -2.49. The molecule has 0 aromatic rings. The molecule has 0 spiro atoms. The van der Waals surface area contributed by atoms with E-state index in [9.17, 15) is 26.3 Å². The van der Waals surface area contributed by atoms with E-state index in [1.165, 1.54) is 6.92 Å². The Kier molecular flexibility index (Phi) is 4.85. The van der Waals surface area contributed by atoms with Crippen LogP contribution in [0.2, 0.25) is 0 Å². The van der Waals surface area contributed by atoms with Gasteiger partial charge in [-0.05, 0) is 6.92 Å². The Morgan fingerprint density at radius 2 is 1.67 bits per heavy atom. The van der Waals surface area contributed by atoms with Crippen molar-refractivity contribution in [1.82, 2.24) is 0 Å². The highest BCUT2D eigenvalue weighted by Crippen LogP contribution is 2.39. The first-order valence-electron chi connectivity index (χ1n) is 3.91. The fourth-order valence-electron chi connectivity index (χ4n) is 0.614. The third-order valence-corrected chi connectivity index (χ3v) is 1.40. The minimum Gasteiger partial charge on any atom is -0.391 e. The summed E-state index contributed by atoms with van der Waals surface area (Å²) in [6, 6.07) is 0. The summed E-state index contributed by atoms with van der Waals surface area (Å²) in [5, 5.41) is 8.56. The SMILES string of the molecule is CC(O)COCC(F)(F)C(F)(F)C(F)F. The van der Waals surface area contributed by atoms with Crippen molar-refractivity contribution in [2.45, 2.75) is 31.3 Å². The van der Waals surface area contributed by atoms with Gasteiger partial charge in [-0.2, -0.15) is 17.6 Å². The molecule has 0 aliphatic carbocycles. The fourth-order valence-corrected chi connectivity index (χ4v) is 0.614. The van der Waals surface area contributed by atoms with E-state index in [1.54, 1.807) is 0 Å². The van der Waals surface area contributed by atoms with Crippen LogP contribution in [0.3, 0.4) is 0 Å². The van der Waals surface area contributed by atoms with Crippen LogP contribution in [-0.4, -0.2) is 42.7 Å². The highest BCUT2D eigenvalue weighted by molar-refractivity contribution is 4.86. The van der Waals surface area contributed by atoms with Crippen LogP contribution >= 0.6 is 0 Å². The van der Waals surface area contributed by atoms with Gasteiger partial charge in [0.05, 0.1) is 12.7 Å². The molecular formula is C7H10F6O2. The van der Waals surface area contributed by atoms with E-state index >= 15 is 0 Å². The molecule has 1 N–H and O–H groups in total. The molecule has 0 saturated heterocycles. The normalized spacial score (nSPS) is 15.8. The van der Waals surface area contributed by atoms with E-state index in [0.717, 1.165) is 0 Å². The standard InChI is InChI=1S/C7H10F6O2/c1-4(14)2-15-3-6(10,11)7(12,13)5(8)9/h4-5,14H,2-3H2,1H3. The lowest BCUT2D eigenvalue weighted by atomic mass is 10.2. The molecule has 1 unspecified atom stereocenters. The maximum Gasteiger partial charge on any atom is 0.371 e. The molecule has 0 amide bonds. The summed E-state index contributed by atoms with van der Waals surface area (Å²) < 4.78 is 76.4. The van der Waals surface area contributed by atoms with Crippen molar-refractivity contribution in [3.05, 3.63) is 0 Å². The van der Waals surface area contributed by atoms with Gasteiger partial charge in [-0.25, -0.2) is 8.78 Å². The largest absolute Gasteiger partial charge is 0.391 e. The smallest absolute Gasteiger partial charge is 0.371 e. The predicted octanol–water partition coefficient (Wildman–Crippen LogP) is 1.92. The van der Waals surface area contributed by atoms with E-state index in [-0.39, 0.29) is 0 Å². The Morgan fingerprint density at radius 3 is 2.00 bits per heavy atom. The number of hydrogen-bond donors (Lipinski definition) is 1. The molecule has 0 aliphatic heterocycles. The van der Waals surface area contributed by atoms with E-state index < -0.39 is 37.6 Å². The summed E-state index contributed by atoms with van der Waals surface area (Å²) >= 11 is 0. The van der Waals surface area contributed by atoms with E-state index in [1.807, 2.05) is 0 Å². The van der Waals surface area contributed by atoms with E-state index in [0.29, 0.717) is 0 Å². The second kappa shape index (κ2) is 5.02. The molecule has 15 heavy (non-hydrogen) atoms. The summed E-state index contributed by atoms with van der Waals surface area (Å²) in [6.07, 6.45) is -5.61. The van der Waals surface area contributed by atoms with Gasteiger partial charge in [0.25, 0.3) is 0 Å². The first-order valence-corrected chi connectivity index (χ1v) is 3.91. The molecule has 92 valence electrons. The topological polar surface area (TPSA) is 29.5 Å². The van der Waals surface area contributed by atoms with Crippen LogP contribution in [0, 0.1) is 0 Å². The van der Waals surface area contributed by atoms with Crippen LogP contribution in [0.4, 0.5) is 26.3 Å². The van der Waals surface area contributed by atoms with Crippen molar-refractivity contribution in [3.8, 4) is 0 Å². The first-order chi connectivity index (χ1) is 6.61. The number of ether oxygens (including phenoxy) is 1. The van der Waals surface area contributed by atoms with Crippen LogP contribution in [0.1, 0.15) is 6.92 Å². The van der Waals surface area contributed by atoms with Gasteiger partial charge >= 0.3 is 18.3 Å². The van der Waals surface area contributed by atoms with Crippen LogP contribution in [0.25, 0.3) is 0 Å². The lowest BCUT2D eigenvalue weighted by molar-refractivity contribution is -0.279. The predicted molar refractivity (Wildman–Crippen MR) is 38.4 cm³/mol. The molecule has 0 aromatic heterocycles.